The Bertz CT molecular complexity index is 2150. The predicted molar refractivity (Wildman–Crippen MR) is 222 cm³/mol. The van der Waals surface area contributed by atoms with Crippen LogP contribution in [0.2, 0.25) is 0 Å². The number of carboxylic acid groups (broad SMARTS) is 5. The molecule has 0 saturated carbocycles. The zero-order valence-corrected chi connectivity index (χ0v) is 34.6. The van der Waals surface area contributed by atoms with Gasteiger partial charge in [0.2, 0.25) is 11.9 Å². The van der Waals surface area contributed by atoms with Crippen LogP contribution in [0, 0.1) is 0 Å². The lowest BCUT2D eigenvalue weighted by Gasteiger charge is -2.37. The van der Waals surface area contributed by atoms with Gasteiger partial charge >= 0.3 is 29.8 Å². The van der Waals surface area contributed by atoms with Crippen molar-refractivity contribution in [2.75, 3.05) is 76.5 Å². The molecule has 2 unspecified atom stereocenters. The molecule has 1 aliphatic rings. The van der Waals surface area contributed by atoms with E-state index in [1.54, 1.807) is 26.8 Å². The second kappa shape index (κ2) is 22.9. The summed E-state index contributed by atoms with van der Waals surface area (Å²) in [6, 6.07) is 1.07. The van der Waals surface area contributed by atoms with Crippen LogP contribution in [0.25, 0.3) is 11.2 Å². The van der Waals surface area contributed by atoms with Gasteiger partial charge in [-0.3, -0.25) is 58.1 Å². The smallest absolute Gasteiger partial charge is 0.326 e. The van der Waals surface area contributed by atoms with Crippen molar-refractivity contribution in [1.82, 2.24) is 50.2 Å². The van der Waals surface area contributed by atoms with Crippen molar-refractivity contribution in [3.05, 3.63) is 52.1 Å². The highest BCUT2D eigenvalue weighted by Crippen LogP contribution is 2.14. The Morgan fingerprint density at radius 1 is 0.778 bits per heavy atom. The average Bonchev–Trinajstić information content (AvgIpc) is 3.22. The van der Waals surface area contributed by atoms with Crippen molar-refractivity contribution in [3.63, 3.8) is 0 Å². The van der Waals surface area contributed by atoms with Crippen LogP contribution >= 0.6 is 0 Å². The highest BCUT2D eigenvalue weighted by Gasteiger charge is 2.31. The fourth-order valence-electron chi connectivity index (χ4n) is 6.68. The molecule has 1 aromatic carbocycles. The molecule has 0 spiro atoms. The van der Waals surface area contributed by atoms with Crippen LogP contribution in [0.4, 0.5) is 11.6 Å². The molecule has 0 radical (unpaired) electrons. The SMILES string of the molecule is C[C@H](C(=O)O)N1CCN(CC(=O)O)CCN([C@@H](C)C(=O)O)CCN(C(CNC(=O)CCC(NC(=O)c2ccc(NCc3cnc4nc(N)[nH]c(=O)c4n3)cc2)C(=O)O)C(=O)O)CC1. The number of H-pyrrole nitrogens is 1. The molecule has 2 amide bonds. The van der Waals surface area contributed by atoms with E-state index in [1.165, 1.54) is 37.1 Å². The number of anilines is 2. The van der Waals surface area contributed by atoms with Gasteiger partial charge in [0, 0.05) is 76.6 Å². The maximum absolute atomic E-state index is 13.0. The maximum Gasteiger partial charge on any atom is 0.326 e. The van der Waals surface area contributed by atoms with E-state index in [0.717, 1.165) is 0 Å². The van der Waals surface area contributed by atoms with E-state index in [4.69, 9.17) is 5.73 Å². The Kier molecular flexibility index (Phi) is 17.7. The van der Waals surface area contributed by atoms with Crippen LogP contribution < -0.4 is 27.2 Å². The number of nitrogens with one attached hydrogen (secondary N) is 4. The number of carbonyl (C=O) groups excluding carboxylic acids is 2. The number of aromatic nitrogens is 4. The second-order valence-corrected chi connectivity index (χ2v) is 14.8. The van der Waals surface area contributed by atoms with E-state index in [1.807, 2.05) is 0 Å². The third-order valence-electron chi connectivity index (χ3n) is 10.5. The summed E-state index contributed by atoms with van der Waals surface area (Å²) in [6.45, 7) is 2.68. The topological polar surface area (TPSA) is 367 Å². The fraction of sp³-hybridized carbons (Fsp3) is 0.500. The minimum atomic E-state index is -1.50. The van der Waals surface area contributed by atoms with Gasteiger partial charge in [-0.25, -0.2) is 14.8 Å². The van der Waals surface area contributed by atoms with E-state index in [9.17, 15) is 63.9 Å². The molecule has 0 bridgehead atoms. The van der Waals surface area contributed by atoms with E-state index in [-0.39, 0.29) is 94.5 Å². The number of carboxylic acids is 5. The lowest BCUT2D eigenvalue weighted by Crippen LogP contribution is -2.56. The second-order valence-electron chi connectivity index (χ2n) is 14.8. The lowest BCUT2D eigenvalue weighted by molar-refractivity contribution is -0.146. The molecule has 3 aromatic rings. The third kappa shape index (κ3) is 14.7. The number of aromatic amines is 1. The van der Waals surface area contributed by atoms with Crippen molar-refractivity contribution in [2.24, 2.45) is 0 Å². The van der Waals surface area contributed by atoms with Gasteiger partial charge in [0.25, 0.3) is 11.5 Å². The Labute approximate surface area is 359 Å². The summed E-state index contributed by atoms with van der Waals surface area (Å²) in [5.41, 5.74) is 6.15. The molecule has 63 heavy (non-hydrogen) atoms. The third-order valence-corrected chi connectivity index (χ3v) is 10.5. The Morgan fingerprint density at radius 3 is 1.89 bits per heavy atom. The first-order chi connectivity index (χ1) is 29.8. The molecule has 3 heterocycles. The standard InChI is InChI=1S/C38H52N12O13/c1-21(34(56)57)48-11-9-47(20-29(52)53)10-12-49(22(2)35(58)59)14-16-50(15-13-48)27(37(62)63)19-41-28(51)8-7-26(36(60)61)44-32(54)23-3-5-24(6-4-23)40-17-25-18-42-31-30(43-25)33(55)46-38(39)45-31/h3-6,18,21-22,26-27,40H,7-17,19-20H2,1-2H3,(H,41,51)(H,44,54)(H,52,53)(H,56,57)(H,58,59)(H,60,61)(H,62,63)(H3,39,42,45,46,55)/t21-,22+,26?,27?. The number of hydrogen-bond acceptors (Lipinski definition) is 17. The first-order valence-corrected chi connectivity index (χ1v) is 19.8. The van der Waals surface area contributed by atoms with Crippen LogP contribution in [0.1, 0.15) is 42.7 Å². The maximum atomic E-state index is 13.0. The molecule has 1 saturated heterocycles. The normalized spacial score (nSPS) is 16.9. The molecular weight excluding hydrogens is 832 g/mol. The highest BCUT2D eigenvalue weighted by atomic mass is 16.4. The van der Waals surface area contributed by atoms with Gasteiger partial charge < -0.3 is 47.2 Å². The van der Waals surface area contributed by atoms with Gasteiger partial charge in [-0.05, 0) is 44.5 Å². The number of fused-ring (bicyclic) bond motifs is 1. The largest absolute Gasteiger partial charge is 0.480 e. The Balaban J connectivity index is 1.36. The van der Waals surface area contributed by atoms with E-state index in [0.29, 0.717) is 11.4 Å². The van der Waals surface area contributed by atoms with Crippen LogP contribution in [0.15, 0.2) is 35.3 Å². The molecule has 0 aliphatic carbocycles. The fourth-order valence-corrected chi connectivity index (χ4v) is 6.68. The quantitative estimate of drug-likeness (QED) is 0.0605. The van der Waals surface area contributed by atoms with Crippen LogP contribution in [-0.4, -0.2) is 196 Å². The molecule has 25 heteroatoms. The first-order valence-electron chi connectivity index (χ1n) is 19.8. The van der Waals surface area contributed by atoms with Crippen LogP contribution in [0.3, 0.4) is 0 Å². The molecule has 4 atom stereocenters. The number of rotatable bonds is 19. The minimum Gasteiger partial charge on any atom is -0.480 e. The van der Waals surface area contributed by atoms with E-state index in [2.05, 4.69) is 35.9 Å². The number of hydrogen-bond donors (Lipinski definition) is 10. The van der Waals surface area contributed by atoms with Crippen molar-refractivity contribution in [3.8, 4) is 0 Å². The summed E-state index contributed by atoms with van der Waals surface area (Å²) in [7, 11) is 0. The van der Waals surface area contributed by atoms with E-state index >= 15 is 0 Å². The first kappa shape index (κ1) is 48.8. The molecular formula is C38H52N12O13. The van der Waals surface area contributed by atoms with Gasteiger partial charge in [0.05, 0.1) is 25.0 Å². The molecule has 2 aromatic heterocycles. The van der Waals surface area contributed by atoms with Gasteiger partial charge in [0.15, 0.2) is 11.2 Å². The van der Waals surface area contributed by atoms with Gasteiger partial charge in [0.1, 0.15) is 24.2 Å². The zero-order chi connectivity index (χ0) is 46.4. The molecule has 1 fully saturated rings. The van der Waals surface area contributed by atoms with Gasteiger partial charge in [-0.2, -0.15) is 4.98 Å². The van der Waals surface area contributed by atoms with Crippen molar-refractivity contribution in [2.45, 2.75) is 57.4 Å². The Morgan fingerprint density at radius 2 is 1.35 bits per heavy atom. The average molecular weight is 885 g/mol. The zero-order valence-electron chi connectivity index (χ0n) is 34.6. The summed E-state index contributed by atoms with van der Waals surface area (Å²) in [5, 5.41) is 57.1. The number of carbonyl (C=O) groups is 7. The summed E-state index contributed by atoms with van der Waals surface area (Å²) in [5.74, 6) is -7.74. The molecule has 342 valence electrons. The number of amides is 2. The van der Waals surface area contributed by atoms with E-state index < -0.39 is 84.4 Å². The van der Waals surface area contributed by atoms with Crippen molar-refractivity contribution >= 4 is 64.5 Å². The van der Waals surface area contributed by atoms with Crippen LogP contribution in [0.5, 0.6) is 0 Å². The summed E-state index contributed by atoms with van der Waals surface area (Å²) in [6.07, 6.45) is 0.648. The monoisotopic (exact) mass is 884 g/mol. The van der Waals surface area contributed by atoms with Gasteiger partial charge in [-0.15, -0.1) is 0 Å². The highest BCUT2D eigenvalue weighted by molar-refractivity contribution is 5.97. The number of benzene rings is 1. The minimum absolute atomic E-state index is 0.00501. The summed E-state index contributed by atoms with van der Waals surface area (Å²) < 4.78 is 0. The summed E-state index contributed by atoms with van der Waals surface area (Å²) in [4.78, 5) is 119. The predicted octanol–water partition coefficient (Wildman–Crippen LogP) is -2.31. The molecule has 11 N–H and O–H groups in total. The number of nitrogen functional groups attached to an aromatic ring is 1. The number of nitrogens with zero attached hydrogens (tertiary/aromatic N) is 7. The summed E-state index contributed by atoms with van der Waals surface area (Å²) >= 11 is 0. The number of nitrogens with two attached hydrogens (primary N) is 1. The van der Waals surface area contributed by atoms with Crippen molar-refractivity contribution in [1.29, 1.82) is 0 Å². The molecule has 1 aliphatic heterocycles. The molecule has 4 rings (SSSR count). The number of aliphatic carboxylic acids is 5. The van der Waals surface area contributed by atoms with Crippen molar-refractivity contribution < 1.29 is 59.1 Å². The van der Waals surface area contributed by atoms with Gasteiger partial charge in [-0.1, -0.05) is 0 Å². The van der Waals surface area contributed by atoms with Crippen LogP contribution in [-0.2, 0) is 35.3 Å². The molecule has 25 nitrogen and oxygen atoms in total. The lowest BCUT2D eigenvalue weighted by atomic mass is 10.1. The Hall–Kier alpha value is -6.83.